The molecule has 6 nitrogen and oxygen atoms in total. The van der Waals surface area contributed by atoms with Gasteiger partial charge in [0.15, 0.2) is 15.7 Å². The highest BCUT2D eigenvalue weighted by Crippen LogP contribution is 2.29. The third-order valence-electron chi connectivity index (χ3n) is 4.53. The van der Waals surface area contributed by atoms with Crippen LogP contribution in [-0.4, -0.2) is 36.2 Å². The Balaban J connectivity index is 1.62. The Labute approximate surface area is 162 Å². The molecule has 0 N–H and O–H groups in total. The molecule has 138 valence electrons. The molecule has 3 aromatic rings. The van der Waals surface area contributed by atoms with Crippen molar-refractivity contribution < 1.29 is 8.42 Å². The van der Waals surface area contributed by atoms with E-state index in [0.717, 1.165) is 29.9 Å². The van der Waals surface area contributed by atoms with Crippen molar-refractivity contribution in [2.24, 2.45) is 0 Å². The summed E-state index contributed by atoms with van der Waals surface area (Å²) in [5.74, 6) is 0.533. The van der Waals surface area contributed by atoms with E-state index in [1.54, 1.807) is 18.3 Å². The largest absolute Gasteiger partial charge is 0.367 e. The van der Waals surface area contributed by atoms with Crippen molar-refractivity contribution in [3.05, 3.63) is 65.1 Å². The molecule has 0 saturated heterocycles. The van der Waals surface area contributed by atoms with E-state index in [1.807, 2.05) is 30.3 Å². The molecular formula is C19H17ClN4O2S. The van der Waals surface area contributed by atoms with Crippen molar-refractivity contribution in [3.63, 3.8) is 0 Å². The van der Waals surface area contributed by atoms with E-state index in [1.165, 1.54) is 6.26 Å². The Morgan fingerprint density at radius 2 is 1.85 bits per heavy atom. The first-order valence-electron chi connectivity index (χ1n) is 8.43. The molecule has 4 rings (SSSR count). The molecule has 8 heteroatoms. The Morgan fingerprint density at radius 3 is 2.52 bits per heavy atom. The first kappa shape index (κ1) is 17.9. The van der Waals surface area contributed by atoms with E-state index >= 15 is 0 Å². The van der Waals surface area contributed by atoms with Crippen molar-refractivity contribution in [2.75, 3.05) is 17.7 Å². The molecule has 2 aromatic heterocycles. The van der Waals surface area contributed by atoms with Crippen LogP contribution in [0.25, 0.3) is 11.5 Å². The zero-order chi connectivity index (χ0) is 19.0. The maximum Gasteiger partial charge on any atom is 0.179 e. The second-order valence-corrected chi connectivity index (χ2v) is 8.79. The van der Waals surface area contributed by atoms with Gasteiger partial charge in [-0.05, 0) is 36.4 Å². The van der Waals surface area contributed by atoms with Crippen molar-refractivity contribution >= 4 is 27.1 Å². The monoisotopic (exact) mass is 400 g/mol. The molecule has 0 unspecified atom stereocenters. The minimum Gasteiger partial charge on any atom is -0.367 e. The van der Waals surface area contributed by atoms with Gasteiger partial charge < -0.3 is 4.90 Å². The van der Waals surface area contributed by atoms with E-state index < -0.39 is 9.84 Å². The summed E-state index contributed by atoms with van der Waals surface area (Å²) in [4.78, 5) is 15.8. The molecule has 0 aliphatic carbocycles. The Hall–Kier alpha value is -2.51. The molecule has 0 amide bonds. The average Bonchev–Trinajstić information content (AvgIpc) is 2.68. The van der Waals surface area contributed by atoms with Gasteiger partial charge in [-0.2, -0.15) is 0 Å². The summed E-state index contributed by atoms with van der Waals surface area (Å²) in [6, 6.07) is 12.5. The highest BCUT2D eigenvalue weighted by Gasteiger charge is 2.23. The van der Waals surface area contributed by atoms with Crippen LogP contribution in [0.1, 0.15) is 11.3 Å². The summed E-state index contributed by atoms with van der Waals surface area (Å²) in [5, 5.41) is 0.429. The number of sulfone groups is 1. The fourth-order valence-electron chi connectivity index (χ4n) is 3.11. The molecule has 1 aliphatic heterocycles. The van der Waals surface area contributed by atoms with Crippen LogP contribution in [0.3, 0.4) is 0 Å². The number of anilines is 1. The molecule has 1 aliphatic rings. The van der Waals surface area contributed by atoms with Crippen molar-refractivity contribution in [2.45, 2.75) is 17.9 Å². The van der Waals surface area contributed by atoms with Gasteiger partial charge in [0, 0.05) is 43.2 Å². The number of hydrogen-bond donors (Lipinski definition) is 0. The third-order valence-corrected chi connectivity index (χ3v) is 5.97. The SMILES string of the molecule is CS(=O)(=O)c1ccc(N2CCc3nc(-c4ccccn4)nc(Cl)c3C2)cc1. The lowest BCUT2D eigenvalue weighted by molar-refractivity contribution is 0.602. The number of aromatic nitrogens is 3. The summed E-state index contributed by atoms with van der Waals surface area (Å²) in [7, 11) is -3.20. The molecule has 0 fully saturated rings. The predicted molar refractivity (Wildman–Crippen MR) is 105 cm³/mol. The van der Waals surface area contributed by atoms with Crippen LogP contribution in [0.15, 0.2) is 53.6 Å². The summed E-state index contributed by atoms with van der Waals surface area (Å²) < 4.78 is 23.2. The van der Waals surface area contributed by atoms with Gasteiger partial charge in [0.2, 0.25) is 0 Å². The summed E-state index contributed by atoms with van der Waals surface area (Å²) in [6.45, 7) is 1.34. The highest BCUT2D eigenvalue weighted by molar-refractivity contribution is 7.90. The molecule has 3 heterocycles. The first-order chi connectivity index (χ1) is 12.9. The number of pyridine rings is 1. The summed E-state index contributed by atoms with van der Waals surface area (Å²) in [5.41, 5.74) is 3.47. The Kier molecular flexibility index (Phi) is 4.57. The highest BCUT2D eigenvalue weighted by atomic mass is 35.5. The predicted octanol–water partition coefficient (Wildman–Crippen LogP) is 3.16. The number of benzene rings is 1. The van der Waals surface area contributed by atoms with Gasteiger partial charge in [0.25, 0.3) is 0 Å². The molecular weight excluding hydrogens is 384 g/mol. The zero-order valence-electron chi connectivity index (χ0n) is 14.6. The molecule has 0 atom stereocenters. The molecule has 27 heavy (non-hydrogen) atoms. The second kappa shape index (κ2) is 6.90. The lowest BCUT2D eigenvalue weighted by Gasteiger charge is -2.30. The fourth-order valence-corrected chi connectivity index (χ4v) is 3.99. The summed E-state index contributed by atoms with van der Waals surface area (Å²) >= 11 is 6.45. The maximum absolute atomic E-state index is 11.6. The van der Waals surface area contributed by atoms with Crippen LogP contribution in [0.2, 0.25) is 5.15 Å². The lowest BCUT2D eigenvalue weighted by atomic mass is 10.1. The van der Waals surface area contributed by atoms with Gasteiger partial charge >= 0.3 is 0 Å². The van der Waals surface area contributed by atoms with Crippen molar-refractivity contribution in [3.8, 4) is 11.5 Å². The minimum absolute atomic E-state index is 0.310. The van der Waals surface area contributed by atoms with Crippen molar-refractivity contribution in [1.29, 1.82) is 0 Å². The van der Waals surface area contributed by atoms with E-state index in [0.29, 0.717) is 28.1 Å². The van der Waals surface area contributed by atoms with Gasteiger partial charge in [0.1, 0.15) is 10.8 Å². The van der Waals surface area contributed by atoms with Crippen LogP contribution in [-0.2, 0) is 22.8 Å². The van der Waals surface area contributed by atoms with Crippen LogP contribution in [0, 0.1) is 0 Å². The third kappa shape index (κ3) is 3.65. The average molecular weight is 401 g/mol. The lowest BCUT2D eigenvalue weighted by Crippen LogP contribution is -2.31. The fraction of sp³-hybridized carbons (Fsp3) is 0.211. The number of nitrogens with zero attached hydrogens (tertiary/aromatic N) is 4. The van der Waals surface area contributed by atoms with Crippen LogP contribution < -0.4 is 4.90 Å². The number of halogens is 1. The van der Waals surface area contributed by atoms with Crippen molar-refractivity contribution in [1.82, 2.24) is 15.0 Å². The van der Waals surface area contributed by atoms with E-state index in [2.05, 4.69) is 19.9 Å². The summed E-state index contributed by atoms with van der Waals surface area (Å²) in [6.07, 6.45) is 3.63. The second-order valence-electron chi connectivity index (χ2n) is 6.42. The number of hydrogen-bond acceptors (Lipinski definition) is 6. The van der Waals surface area contributed by atoms with E-state index in [-0.39, 0.29) is 0 Å². The number of fused-ring (bicyclic) bond motifs is 1. The van der Waals surface area contributed by atoms with Gasteiger partial charge in [-0.3, -0.25) is 4.98 Å². The molecule has 1 aromatic carbocycles. The Morgan fingerprint density at radius 1 is 1.07 bits per heavy atom. The maximum atomic E-state index is 11.6. The van der Waals surface area contributed by atoms with Gasteiger partial charge in [-0.15, -0.1) is 0 Å². The normalized spacial score (nSPS) is 14.1. The number of rotatable bonds is 3. The first-order valence-corrected chi connectivity index (χ1v) is 10.7. The van der Waals surface area contributed by atoms with Gasteiger partial charge in [0.05, 0.1) is 10.6 Å². The minimum atomic E-state index is -3.20. The quantitative estimate of drug-likeness (QED) is 0.628. The van der Waals surface area contributed by atoms with Crippen LogP contribution in [0.4, 0.5) is 5.69 Å². The Bertz CT molecular complexity index is 1090. The molecule has 0 saturated carbocycles. The van der Waals surface area contributed by atoms with Crippen LogP contribution >= 0.6 is 11.6 Å². The zero-order valence-corrected chi connectivity index (χ0v) is 16.2. The van der Waals surface area contributed by atoms with E-state index in [4.69, 9.17) is 11.6 Å². The standard InChI is InChI=1S/C19H17ClN4O2S/c1-27(25,26)14-7-5-13(6-8-14)24-11-9-16-15(12-24)18(20)23-19(22-16)17-4-2-3-10-21-17/h2-8,10H,9,11-12H2,1H3. The smallest absolute Gasteiger partial charge is 0.179 e. The van der Waals surface area contributed by atoms with E-state index in [9.17, 15) is 8.42 Å². The van der Waals surface area contributed by atoms with Gasteiger partial charge in [-0.1, -0.05) is 17.7 Å². The van der Waals surface area contributed by atoms with Gasteiger partial charge in [-0.25, -0.2) is 18.4 Å². The molecule has 0 spiro atoms. The van der Waals surface area contributed by atoms with Crippen LogP contribution in [0.5, 0.6) is 0 Å². The topological polar surface area (TPSA) is 76.1 Å². The molecule has 0 bridgehead atoms. The molecule has 0 radical (unpaired) electrons.